The monoisotopic (exact) mass is 220 g/mol. The molecule has 2 rings (SSSR count). The first-order valence-corrected chi connectivity index (χ1v) is 6.02. The lowest BCUT2D eigenvalue weighted by molar-refractivity contribution is 0.467. The van der Waals surface area contributed by atoms with Crippen LogP contribution in [-0.2, 0) is 0 Å². The molecule has 1 unspecified atom stereocenters. The smallest absolute Gasteiger partial charge is 0.150 e. The zero-order valence-corrected chi connectivity index (χ0v) is 9.89. The fourth-order valence-corrected chi connectivity index (χ4v) is 2.54. The maximum atomic E-state index is 6.09. The Balaban J connectivity index is 2.27. The van der Waals surface area contributed by atoms with Gasteiger partial charge in [-0.1, -0.05) is 18.9 Å². The van der Waals surface area contributed by atoms with Gasteiger partial charge in [-0.2, -0.15) is 0 Å². The standard InChI is InChI=1S/C12H20N4/c1-3-6-11(13)12-15-14-9(2)16(12)10-7-4-5-8-10/h3,10-11H,1,4-8,13H2,2H3. The summed E-state index contributed by atoms with van der Waals surface area (Å²) in [5.41, 5.74) is 6.09. The van der Waals surface area contributed by atoms with E-state index in [1.807, 2.05) is 13.0 Å². The van der Waals surface area contributed by atoms with Crippen molar-refractivity contribution in [2.24, 2.45) is 5.73 Å². The number of nitrogens with two attached hydrogens (primary N) is 1. The molecule has 1 aliphatic rings. The van der Waals surface area contributed by atoms with Gasteiger partial charge in [-0.15, -0.1) is 16.8 Å². The zero-order valence-electron chi connectivity index (χ0n) is 9.89. The first-order chi connectivity index (χ1) is 7.74. The van der Waals surface area contributed by atoms with Crippen LogP contribution >= 0.6 is 0 Å². The summed E-state index contributed by atoms with van der Waals surface area (Å²) in [6.45, 7) is 5.73. The summed E-state index contributed by atoms with van der Waals surface area (Å²) < 4.78 is 2.24. The molecule has 0 spiro atoms. The van der Waals surface area contributed by atoms with E-state index in [1.54, 1.807) is 0 Å². The summed E-state index contributed by atoms with van der Waals surface area (Å²) in [5, 5.41) is 8.38. The molecule has 1 aromatic rings. The summed E-state index contributed by atoms with van der Waals surface area (Å²) in [7, 11) is 0. The van der Waals surface area contributed by atoms with Gasteiger partial charge in [-0.05, 0) is 26.2 Å². The lowest BCUT2D eigenvalue weighted by Crippen LogP contribution is -2.19. The maximum Gasteiger partial charge on any atom is 0.150 e. The van der Waals surface area contributed by atoms with E-state index in [9.17, 15) is 0 Å². The molecule has 16 heavy (non-hydrogen) atoms. The Morgan fingerprint density at radius 1 is 1.50 bits per heavy atom. The Hall–Kier alpha value is -1.16. The fraction of sp³-hybridized carbons (Fsp3) is 0.667. The molecular weight excluding hydrogens is 200 g/mol. The third-order valence-electron chi connectivity index (χ3n) is 3.33. The largest absolute Gasteiger partial charge is 0.321 e. The number of hydrogen-bond acceptors (Lipinski definition) is 3. The normalized spacial score (nSPS) is 18.9. The average Bonchev–Trinajstić information content (AvgIpc) is 2.86. The third kappa shape index (κ3) is 2.02. The molecule has 4 nitrogen and oxygen atoms in total. The highest BCUT2D eigenvalue weighted by molar-refractivity contribution is 5.04. The summed E-state index contributed by atoms with van der Waals surface area (Å²) in [5.74, 6) is 1.91. The van der Waals surface area contributed by atoms with Gasteiger partial charge in [-0.3, -0.25) is 0 Å². The summed E-state index contributed by atoms with van der Waals surface area (Å²) in [6.07, 6.45) is 7.66. The minimum Gasteiger partial charge on any atom is -0.321 e. The van der Waals surface area contributed by atoms with Crippen LogP contribution in [0.4, 0.5) is 0 Å². The van der Waals surface area contributed by atoms with Crippen LogP contribution in [0, 0.1) is 6.92 Å². The Kier molecular flexibility index (Phi) is 3.39. The Labute approximate surface area is 96.6 Å². The molecule has 4 heteroatoms. The van der Waals surface area contributed by atoms with Gasteiger partial charge in [0.25, 0.3) is 0 Å². The van der Waals surface area contributed by atoms with Crippen molar-refractivity contribution in [1.29, 1.82) is 0 Å². The van der Waals surface area contributed by atoms with E-state index in [0.717, 1.165) is 18.1 Å². The van der Waals surface area contributed by atoms with E-state index < -0.39 is 0 Å². The number of aromatic nitrogens is 3. The van der Waals surface area contributed by atoms with Crippen LogP contribution in [0.1, 0.15) is 55.8 Å². The molecule has 0 amide bonds. The molecular formula is C12H20N4. The van der Waals surface area contributed by atoms with Gasteiger partial charge in [0.05, 0.1) is 6.04 Å². The predicted octanol–water partition coefficient (Wildman–Crippen LogP) is 2.28. The molecule has 0 aromatic carbocycles. The number of aryl methyl sites for hydroxylation is 1. The molecule has 0 radical (unpaired) electrons. The minimum absolute atomic E-state index is 0.0701. The second-order valence-corrected chi connectivity index (χ2v) is 4.54. The van der Waals surface area contributed by atoms with Crippen LogP contribution in [0.15, 0.2) is 12.7 Å². The van der Waals surface area contributed by atoms with Crippen LogP contribution in [-0.4, -0.2) is 14.8 Å². The maximum absolute atomic E-state index is 6.09. The highest BCUT2D eigenvalue weighted by atomic mass is 15.3. The molecule has 1 aromatic heterocycles. The molecule has 0 aliphatic heterocycles. The Morgan fingerprint density at radius 2 is 2.19 bits per heavy atom. The van der Waals surface area contributed by atoms with Crippen LogP contribution in [0.2, 0.25) is 0 Å². The molecule has 88 valence electrons. The number of hydrogen-bond donors (Lipinski definition) is 1. The minimum atomic E-state index is -0.0701. The molecule has 1 atom stereocenters. The van der Waals surface area contributed by atoms with Crippen molar-refractivity contribution in [1.82, 2.24) is 14.8 Å². The summed E-state index contributed by atoms with van der Waals surface area (Å²) in [6, 6.07) is 0.486. The average molecular weight is 220 g/mol. The van der Waals surface area contributed by atoms with Gasteiger partial charge in [0, 0.05) is 6.04 Å². The Bertz CT molecular complexity index is 363. The Morgan fingerprint density at radius 3 is 2.81 bits per heavy atom. The first-order valence-electron chi connectivity index (χ1n) is 6.02. The van der Waals surface area contributed by atoms with Crippen LogP contribution < -0.4 is 5.73 Å². The van der Waals surface area contributed by atoms with E-state index >= 15 is 0 Å². The van der Waals surface area contributed by atoms with Crippen LogP contribution in [0.25, 0.3) is 0 Å². The van der Waals surface area contributed by atoms with Crippen molar-refractivity contribution in [3.05, 3.63) is 24.3 Å². The topological polar surface area (TPSA) is 56.7 Å². The predicted molar refractivity (Wildman–Crippen MR) is 64.0 cm³/mol. The molecule has 0 bridgehead atoms. The van der Waals surface area contributed by atoms with Crippen LogP contribution in [0.5, 0.6) is 0 Å². The molecule has 0 saturated heterocycles. The lowest BCUT2D eigenvalue weighted by atomic mass is 10.1. The van der Waals surface area contributed by atoms with E-state index in [-0.39, 0.29) is 6.04 Å². The van der Waals surface area contributed by atoms with Gasteiger partial charge < -0.3 is 10.3 Å². The van der Waals surface area contributed by atoms with Gasteiger partial charge in [0.2, 0.25) is 0 Å². The number of nitrogens with zero attached hydrogens (tertiary/aromatic N) is 3. The van der Waals surface area contributed by atoms with Crippen molar-refractivity contribution < 1.29 is 0 Å². The molecule has 1 aliphatic carbocycles. The molecule has 1 heterocycles. The summed E-state index contributed by atoms with van der Waals surface area (Å²) in [4.78, 5) is 0. The van der Waals surface area contributed by atoms with Gasteiger partial charge in [0.1, 0.15) is 5.82 Å². The molecule has 1 fully saturated rings. The van der Waals surface area contributed by atoms with E-state index in [1.165, 1.54) is 25.7 Å². The van der Waals surface area contributed by atoms with E-state index in [0.29, 0.717) is 6.04 Å². The van der Waals surface area contributed by atoms with Crippen molar-refractivity contribution in [2.45, 2.75) is 51.1 Å². The van der Waals surface area contributed by atoms with E-state index in [2.05, 4.69) is 21.3 Å². The van der Waals surface area contributed by atoms with Crippen molar-refractivity contribution >= 4 is 0 Å². The summed E-state index contributed by atoms with van der Waals surface area (Å²) >= 11 is 0. The molecule has 2 N–H and O–H groups in total. The first kappa shape index (κ1) is 11.3. The van der Waals surface area contributed by atoms with Crippen molar-refractivity contribution in [3.63, 3.8) is 0 Å². The van der Waals surface area contributed by atoms with Gasteiger partial charge >= 0.3 is 0 Å². The second kappa shape index (κ2) is 4.78. The molecule has 1 saturated carbocycles. The van der Waals surface area contributed by atoms with E-state index in [4.69, 9.17) is 5.73 Å². The highest BCUT2D eigenvalue weighted by Gasteiger charge is 2.24. The lowest BCUT2D eigenvalue weighted by Gasteiger charge is -2.18. The quantitative estimate of drug-likeness (QED) is 0.792. The van der Waals surface area contributed by atoms with Crippen molar-refractivity contribution in [2.75, 3.05) is 0 Å². The second-order valence-electron chi connectivity index (χ2n) is 4.54. The third-order valence-corrected chi connectivity index (χ3v) is 3.33. The number of rotatable bonds is 4. The highest BCUT2D eigenvalue weighted by Crippen LogP contribution is 2.32. The van der Waals surface area contributed by atoms with Crippen LogP contribution in [0.3, 0.4) is 0 Å². The zero-order chi connectivity index (χ0) is 11.5. The van der Waals surface area contributed by atoms with Crippen molar-refractivity contribution in [3.8, 4) is 0 Å². The van der Waals surface area contributed by atoms with Gasteiger partial charge in [0.15, 0.2) is 5.82 Å². The fourth-order valence-electron chi connectivity index (χ4n) is 2.54. The SMILES string of the molecule is C=CCC(N)c1nnc(C)n1C1CCCC1. The van der Waals surface area contributed by atoms with Gasteiger partial charge in [-0.25, -0.2) is 0 Å².